The van der Waals surface area contributed by atoms with Crippen LogP contribution in [-0.2, 0) is 0 Å². The smallest absolute Gasteiger partial charge is 0.267 e. The van der Waals surface area contributed by atoms with Gasteiger partial charge in [0.25, 0.3) is 0 Å². The zero-order valence-corrected chi connectivity index (χ0v) is 19.1. The molecule has 0 aromatic rings. The third kappa shape index (κ3) is 22.8. The summed E-state index contributed by atoms with van der Waals surface area (Å²) in [5.41, 5.74) is 0. The molecule has 0 atom stereocenters. The van der Waals surface area contributed by atoms with Crippen LogP contribution in [0.4, 0.5) is 0 Å². The molecular weight excluding hydrogens is 327 g/mol. The Hall–Kier alpha value is 0.822. The Kier molecular flexibility index (Phi) is 24.6. The molecule has 0 saturated heterocycles. The number of hydrogen-bond acceptors (Lipinski definition) is 0. The van der Waals surface area contributed by atoms with Crippen LogP contribution in [0, 0.1) is 0 Å². The highest BCUT2D eigenvalue weighted by Crippen LogP contribution is 2.15. The van der Waals surface area contributed by atoms with Gasteiger partial charge in [-0.05, 0) is 0 Å². The Morgan fingerprint density at radius 2 is 0.667 bits per heavy atom. The second-order valence-electron chi connectivity index (χ2n) is 7.76. The standard InChI is InChI=1S/C22H45.Al.ClH.H/c1-3-5-7-9-11-13-15-17-19-21-22-20-18-16-14-12-10-8-6-4-2;;;/h1,3-22H2,2H3;;1H;/q;+1;;/p-1. The Morgan fingerprint density at radius 3 is 0.917 bits per heavy atom. The van der Waals surface area contributed by atoms with E-state index in [1.807, 2.05) is 0 Å². The van der Waals surface area contributed by atoms with Crippen molar-refractivity contribution in [1.29, 1.82) is 0 Å². The van der Waals surface area contributed by atoms with Crippen molar-refractivity contribution in [3.05, 3.63) is 0 Å². The predicted molar refractivity (Wildman–Crippen MR) is 116 cm³/mol. The first-order valence-electron chi connectivity index (χ1n) is 11.5. The fourth-order valence-electron chi connectivity index (χ4n) is 3.53. The number of rotatable bonds is 21. The highest BCUT2D eigenvalue weighted by atomic mass is 35.6. The van der Waals surface area contributed by atoms with Crippen molar-refractivity contribution in [2.75, 3.05) is 0 Å². The summed E-state index contributed by atoms with van der Waals surface area (Å²) in [4.78, 5) is 0. The molecule has 0 aliphatic carbocycles. The lowest BCUT2D eigenvalue weighted by Crippen LogP contribution is -1.84. The summed E-state index contributed by atoms with van der Waals surface area (Å²) >= 11 is -0.183. The summed E-state index contributed by atoms with van der Waals surface area (Å²) in [5.74, 6) is 0. The Morgan fingerprint density at radius 1 is 0.417 bits per heavy atom. The number of unbranched alkanes of at least 4 members (excludes halogenated alkanes) is 19. The molecule has 0 unspecified atom stereocenters. The molecule has 0 N–H and O–H groups in total. The molecule has 0 nitrogen and oxygen atoms in total. The molecule has 0 amide bonds. The maximum Gasteiger partial charge on any atom is 0.376 e. The molecule has 0 rings (SSSR count). The largest absolute Gasteiger partial charge is 0.376 e. The van der Waals surface area contributed by atoms with Gasteiger partial charge >= 0.3 is 14.3 Å². The number of halogens is 1. The van der Waals surface area contributed by atoms with E-state index in [2.05, 4.69) is 6.92 Å². The molecule has 0 aliphatic rings. The summed E-state index contributed by atoms with van der Waals surface area (Å²) in [7, 11) is 5.83. The van der Waals surface area contributed by atoms with Gasteiger partial charge in [-0.25, -0.2) is 0 Å². The molecule has 0 bridgehead atoms. The molecule has 144 valence electrons. The van der Waals surface area contributed by atoms with E-state index in [0.29, 0.717) is 0 Å². The van der Waals surface area contributed by atoms with Gasteiger partial charge < -0.3 is 0 Å². The van der Waals surface area contributed by atoms with Crippen LogP contribution in [-0.4, -0.2) is 14.3 Å². The number of hydrogen-bond donors (Lipinski definition) is 0. The zero-order chi connectivity index (χ0) is 17.6. The van der Waals surface area contributed by atoms with E-state index in [0.717, 1.165) is 0 Å². The minimum absolute atomic E-state index is 0.183. The van der Waals surface area contributed by atoms with Crippen LogP contribution in [0.15, 0.2) is 0 Å². The lowest BCUT2D eigenvalue weighted by molar-refractivity contribution is 0.523. The van der Waals surface area contributed by atoms with E-state index in [1.54, 1.807) is 0 Å². The Labute approximate surface area is 164 Å². The molecule has 0 fully saturated rings. The molecule has 0 heterocycles. The second kappa shape index (κ2) is 23.8. The van der Waals surface area contributed by atoms with Crippen molar-refractivity contribution in [1.82, 2.24) is 0 Å². The van der Waals surface area contributed by atoms with Crippen molar-refractivity contribution in [3.8, 4) is 0 Å². The second-order valence-corrected chi connectivity index (χ2v) is 9.98. The maximum atomic E-state index is 5.83. The van der Waals surface area contributed by atoms with Gasteiger partial charge in [-0.2, -0.15) is 0 Å². The Balaban J connectivity index is 2.93. The van der Waals surface area contributed by atoms with E-state index in [1.165, 1.54) is 134 Å². The van der Waals surface area contributed by atoms with Crippen LogP contribution in [0.5, 0.6) is 0 Å². The van der Waals surface area contributed by atoms with Crippen LogP contribution in [0.3, 0.4) is 0 Å². The van der Waals surface area contributed by atoms with Gasteiger partial charge in [0.2, 0.25) is 0 Å². The van der Waals surface area contributed by atoms with Gasteiger partial charge in [0.1, 0.15) is 0 Å². The van der Waals surface area contributed by atoms with Crippen LogP contribution >= 0.6 is 10.0 Å². The average Bonchev–Trinajstić information content (AvgIpc) is 2.60. The van der Waals surface area contributed by atoms with E-state index in [-0.39, 0.29) is 14.3 Å². The van der Waals surface area contributed by atoms with E-state index in [4.69, 9.17) is 10.0 Å². The van der Waals surface area contributed by atoms with E-state index in [9.17, 15) is 0 Å². The minimum Gasteiger partial charge on any atom is -0.267 e. The third-order valence-corrected chi connectivity index (χ3v) is 6.81. The third-order valence-electron chi connectivity index (χ3n) is 5.24. The molecule has 0 saturated carbocycles. The minimum atomic E-state index is -0.183. The fourth-order valence-corrected chi connectivity index (χ4v) is 4.64. The molecule has 0 spiro atoms. The van der Waals surface area contributed by atoms with Gasteiger partial charge in [0, 0.05) is 0 Å². The highest BCUT2D eigenvalue weighted by molar-refractivity contribution is 6.93. The Bertz CT molecular complexity index is 186. The van der Waals surface area contributed by atoms with Crippen molar-refractivity contribution in [2.24, 2.45) is 0 Å². The summed E-state index contributed by atoms with van der Waals surface area (Å²) < 4.78 is 0. The summed E-state index contributed by atoms with van der Waals surface area (Å²) in [6, 6.07) is 0. The van der Waals surface area contributed by atoms with Crippen LogP contribution < -0.4 is 0 Å². The van der Waals surface area contributed by atoms with Crippen molar-refractivity contribution < 1.29 is 0 Å². The van der Waals surface area contributed by atoms with Gasteiger partial charge in [0.05, 0.1) is 0 Å². The highest BCUT2D eigenvalue weighted by Gasteiger charge is 1.95. The average molecular weight is 373 g/mol. The van der Waals surface area contributed by atoms with Crippen molar-refractivity contribution in [3.63, 3.8) is 0 Å². The van der Waals surface area contributed by atoms with Crippen LogP contribution in [0.1, 0.15) is 135 Å². The lowest BCUT2D eigenvalue weighted by Gasteiger charge is -2.04. The monoisotopic (exact) mass is 372 g/mol. The van der Waals surface area contributed by atoms with Gasteiger partial charge in [-0.3, -0.25) is 10.0 Å². The van der Waals surface area contributed by atoms with Crippen LogP contribution in [0.2, 0.25) is 5.28 Å². The molecule has 2 heteroatoms. The predicted octanol–water partition coefficient (Wildman–Crippen LogP) is 8.82. The quantitative estimate of drug-likeness (QED) is 0.139. The first-order valence-corrected chi connectivity index (χ1v) is 14.6. The van der Waals surface area contributed by atoms with Gasteiger partial charge in [-0.15, -0.1) is 0 Å². The molecular formula is C22H46AlCl. The fraction of sp³-hybridized carbons (Fsp3) is 1.00. The lowest BCUT2D eigenvalue weighted by atomic mass is 10.0. The van der Waals surface area contributed by atoms with Crippen molar-refractivity contribution in [2.45, 2.75) is 141 Å². The normalized spacial score (nSPS) is 11.1. The van der Waals surface area contributed by atoms with E-state index >= 15 is 0 Å². The summed E-state index contributed by atoms with van der Waals surface area (Å²) in [6.45, 7) is 2.30. The molecule has 0 aromatic carbocycles. The van der Waals surface area contributed by atoms with Crippen LogP contribution in [0.25, 0.3) is 0 Å². The first-order chi connectivity index (χ1) is 11.9. The molecule has 24 heavy (non-hydrogen) atoms. The molecule has 0 aliphatic heterocycles. The van der Waals surface area contributed by atoms with Gasteiger partial charge in [0.15, 0.2) is 0 Å². The SMILES string of the molecule is CCCCCCCCCCCCCCCCCCCCC[CH2][AlH][Cl]. The first kappa shape index (κ1) is 24.8. The molecule has 0 aromatic heterocycles. The molecule has 0 radical (unpaired) electrons. The summed E-state index contributed by atoms with van der Waals surface area (Å²) in [6.07, 6.45) is 29.3. The summed E-state index contributed by atoms with van der Waals surface area (Å²) in [5, 5.41) is 1.35. The maximum absolute atomic E-state index is 5.83. The zero-order valence-electron chi connectivity index (χ0n) is 16.9. The van der Waals surface area contributed by atoms with Gasteiger partial charge in [-0.1, -0.05) is 141 Å². The van der Waals surface area contributed by atoms with E-state index < -0.39 is 0 Å². The topological polar surface area (TPSA) is 0 Å². The van der Waals surface area contributed by atoms with Crippen molar-refractivity contribution >= 4 is 24.3 Å².